The van der Waals surface area contributed by atoms with E-state index in [-0.39, 0.29) is 23.9 Å². The Morgan fingerprint density at radius 2 is 1.88 bits per heavy atom. The Hall–Kier alpha value is -0.970. The number of phenolic OH excluding ortho intramolecular Hbond substituents is 2. The second-order valence-corrected chi connectivity index (χ2v) is 3.63. The molecule has 16 heavy (non-hydrogen) atoms. The van der Waals surface area contributed by atoms with Crippen molar-refractivity contribution >= 4 is 12.4 Å². The topological polar surface area (TPSA) is 86.7 Å². The van der Waals surface area contributed by atoms with Gasteiger partial charge in [0.05, 0.1) is 12.1 Å². The summed E-state index contributed by atoms with van der Waals surface area (Å²) in [5.74, 6) is -0.400. The maximum atomic E-state index is 9.66. The van der Waals surface area contributed by atoms with Crippen LogP contribution in [0.5, 0.6) is 11.5 Å². The molecule has 0 heterocycles. The van der Waals surface area contributed by atoms with Gasteiger partial charge in [-0.15, -0.1) is 12.4 Å². The molecule has 0 aliphatic rings. The van der Waals surface area contributed by atoms with E-state index in [9.17, 15) is 10.2 Å². The van der Waals surface area contributed by atoms with Gasteiger partial charge in [-0.1, -0.05) is 19.4 Å². The number of rotatable bonds is 4. The van der Waals surface area contributed by atoms with Gasteiger partial charge in [-0.25, -0.2) is 0 Å². The monoisotopic (exact) mass is 247 g/mol. The second-order valence-electron chi connectivity index (χ2n) is 3.63. The number of aliphatic hydroxyl groups excluding tert-OH is 1. The Balaban J connectivity index is 0.00000225. The third-order valence-electron chi connectivity index (χ3n) is 2.38. The molecular weight excluding hydrogens is 230 g/mol. The first-order chi connectivity index (χ1) is 7.06. The lowest BCUT2D eigenvalue weighted by atomic mass is 9.99. The zero-order chi connectivity index (χ0) is 11.4. The molecule has 1 aromatic rings. The highest BCUT2D eigenvalue weighted by Gasteiger charge is 2.16. The minimum Gasteiger partial charge on any atom is -0.504 e. The Morgan fingerprint density at radius 3 is 2.38 bits per heavy atom. The summed E-state index contributed by atoms with van der Waals surface area (Å²) in [5, 5.41) is 28.0. The second kappa shape index (κ2) is 6.58. The largest absolute Gasteiger partial charge is 0.504 e. The number of nitrogens with two attached hydrogens (primary N) is 1. The summed E-state index contributed by atoms with van der Waals surface area (Å²) in [5.41, 5.74) is 6.42. The van der Waals surface area contributed by atoms with Crippen molar-refractivity contribution in [1.82, 2.24) is 0 Å². The summed E-state index contributed by atoms with van der Waals surface area (Å²) in [7, 11) is 0. The molecule has 5 N–H and O–H groups in total. The quantitative estimate of drug-likeness (QED) is 0.610. The molecule has 0 saturated carbocycles. The lowest BCUT2D eigenvalue weighted by Crippen LogP contribution is -2.25. The summed E-state index contributed by atoms with van der Waals surface area (Å²) >= 11 is 0. The molecule has 0 amide bonds. The Morgan fingerprint density at radius 1 is 1.25 bits per heavy atom. The fraction of sp³-hybridized carbons (Fsp3) is 0.455. The molecule has 0 bridgehead atoms. The Labute approximate surface area is 101 Å². The fourth-order valence-electron chi connectivity index (χ4n) is 1.45. The number of hydrogen-bond donors (Lipinski definition) is 4. The van der Waals surface area contributed by atoms with E-state index < -0.39 is 12.1 Å². The van der Waals surface area contributed by atoms with Crippen molar-refractivity contribution in [1.29, 1.82) is 0 Å². The van der Waals surface area contributed by atoms with Crippen LogP contribution in [0.3, 0.4) is 0 Å². The first-order valence-electron chi connectivity index (χ1n) is 5.01. The predicted molar refractivity (Wildman–Crippen MR) is 64.9 cm³/mol. The molecule has 92 valence electrons. The van der Waals surface area contributed by atoms with Crippen LogP contribution in [-0.2, 0) is 0 Å². The van der Waals surface area contributed by atoms with Crippen LogP contribution < -0.4 is 5.73 Å². The smallest absolute Gasteiger partial charge is 0.157 e. The summed E-state index contributed by atoms with van der Waals surface area (Å²) < 4.78 is 0. The van der Waals surface area contributed by atoms with Crippen molar-refractivity contribution in [3.63, 3.8) is 0 Å². The summed E-state index contributed by atoms with van der Waals surface area (Å²) in [6.07, 6.45) is 0.834. The van der Waals surface area contributed by atoms with Gasteiger partial charge in [0.15, 0.2) is 11.5 Å². The molecule has 1 aromatic carbocycles. The van der Waals surface area contributed by atoms with Gasteiger partial charge in [0.1, 0.15) is 0 Å². The van der Waals surface area contributed by atoms with Gasteiger partial charge in [-0.05, 0) is 24.1 Å². The average Bonchev–Trinajstić information content (AvgIpc) is 2.21. The summed E-state index contributed by atoms with van der Waals surface area (Å²) in [4.78, 5) is 0. The van der Waals surface area contributed by atoms with Crippen molar-refractivity contribution in [3.05, 3.63) is 23.8 Å². The third-order valence-corrected chi connectivity index (χ3v) is 2.38. The van der Waals surface area contributed by atoms with Crippen LogP contribution >= 0.6 is 12.4 Å². The van der Waals surface area contributed by atoms with E-state index in [0.717, 1.165) is 6.42 Å². The van der Waals surface area contributed by atoms with E-state index in [4.69, 9.17) is 10.8 Å². The highest BCUT2D eigenvalue weighted by atomic mass is 35.5. The van der Waals surface area contributed by atoms with E-state index >= 15 is 0 Å². The molecule has 1 rings (SSSR count). The van der Waals surface area contributed by atoms with Crippen molar-refractivity contribution in [2.24, 2.45) is 5.73 Å². The zero-order valence-electron chi connectivity index (χ0n) is 9.13. The first-order valence-corrected chi connectivity index (χ1v) is 5.01. The minimum absolute atomic E-state index is 0. The van der Waals surface area contributed by atoms with Gasteiger partial charge in [0.25, 0.3) is 0 Å². The maximum absolute atomic E-state index is 9.66. The van der Waals surface area contributed by atoms with Gasteiger partial charge in [-0.3, -0.25) is 0 Å². The SMILES string of the molecule is CCC[C@@H](O)[C@@H](N)c1ccc(O)c(O)c1.Cl. The zero-order valence-corrected chi connectivity index (χ0v) is 9.94. The number of benzene rings is 1. The van der Waals surface area contributed by atoms with Crippen LogP contribution in [0.15, 0.2) is 18.2 Å². The van der Waals surface area contributed by atoms with E-state index in [0.29, 0.717) is 12.0 Å². The predicted octanol–water partition coefficient (Wildman–Crippen LogP) is 1.68. The van der Waals surface area contributed by atoms with Crippen LogP contribution in [0.2, 0.25) is 0 Å². The Bertz CT molecular complexity index is 333. The number of phenols is 2. The molecule has 0 aliphatic carbocycles. The number of hydrogen-bond acceptors (Lipinski definition) is 4. The van der Waals surface area contributed by atoms with Crippen molar-refractivity contribution in [2.45, 2.75) is 31.9 Å². The van der Waals surface area contributed by atoms with E-state index in [1.807, 2.05) is 6.92 Å². The molecule has 0 saturated heterocycles. The van der Waals surface area contributed by atoms with Gasteiger partial charge in [-0.2, -0.15) is 0 Å². The van der Waals surface area contributed by atoms with Crippen LogP contribution in [0, 0.1) is 0 Å². The van der Waals surface area contributed by atoms with Gasteiger partial charge < -0.3 is 21.1 Å². The molecule has 0 unspecified atom stereocenters. The van der Waals surface area contributed by atoms with Crippen molar-refractivity contribution < 1.29 is 15.3 Å². The molecule has 0 aliphatic heterocycles. The first kappa shape index (κ1) is 15.0. The number of halogens is 1. The van der Waals surface area contributed by atoms with Crippen LogP contribution in [0.4, 0.5) is 0 Å². The standard InChI is InChI=1S/C11H17NO3.ClH/c1-2-3-9(14)11(12)7-4-5-8(13)10(15)6-7;/h4-6,9,11,13-15H,2-3,12H2,1H3;1H/t9-,11+;/m1./s1. The van der Waals surface area contributed by atoms with E-state index in [1.54, 1.807) is 6.07 Å². The lowest BCUT2D eigenvalue weighted by Gasteiger charge is -2.18. The molecule has 5 heteroatoms. The fourth-order valence-corrected chi connectivity index (χ4v) is 1.45. The minimum atomic E-state index is -0.626. The third kappa shape index (κ3) is 3.56. The molecule has 2 atom stereocenters. The van der Waals surface area contributed by atoms with Gasteiger partial charge in [0.2, 0.25) is 0 Å². The summed E-state index contributed by atoms with van der Waals surface area (Å²) in [6.45, 7) is 1.96. The highest BCUT2D eigenvalue weighted by molar-refractivity contribution is 5.85. The molecule has 4 nitrogen and oxygen atoms in total. The molecule has 0 spiro atoms. The number of aromatic hydroxyl groups is 2. The molecule has 0 fully saturated rings. The Kier molecular flexibility index (Phi) is 6.18. The van der Waals surface area contributed by atoms with Crippen LogP contribution in [-0.4, -0.2) is 21.4 Å². The van der Waals surface area contributed by atoms with E-state index in [2.05, 4.69) is 0 Å². The van der Waals surface area contributed by atoms with Crippen LogP contribution in [0.25, 0.3) is 0 Å². The molecule has 0 aromatic heterocycles. The van der Waals surface area contributed by atoms with Crippen molar-refractivity contribution in [3.8, 4) is 11.5 Å². The summed E-state index contributed by atoms with van der Waals surface area (Å²) in [6, 6.07) is 3.80. The number of aliphatic hydroxyl groups is 1. The average molecular weight is 248 g/mol. The maximum Gasteiger partial charge on any atom is 0.157 e. The lowest BCUT2D eigenvalue weighted by molar-refractivity contribution is 0.134. The van der Waals surface area contributed by atoms with Gasteiger partial charge in [0, 0.05) is 0 Å². The normalized spacial score (nSPS) is 13.9. The molecular formula is C11H18ClNO3. The molecule has 0 radical (unpaired) electrons. The van der Waals surface area contributed by atoms with Crippen molar-refractivity contribution in [2.75, 3.05) is 0 Å². The van der Waals surface area contributed by atoms with Crippen LogP contribution in [0.1, 0.15) is 31.4 Å². The highest BCUT2D eigenvalue weighted by Crippen LogP contribution is 2.28. The van der Waals surface area contributed by atoms with E-state index in [1.165, 1.54) is 12.1 Å². The van der Waals surface area contributed by atoms with Gasteiger partial charge >= 0.3 is 0 Å².